The summed E-state index contributed by atoms with van der Waals surface area (Å²) in [6.45, 7) is 8.91. The Morgan fingerprint density at radius 3 is 1.71 bits per heavy atom. The molecule has 0 aliphatic carbocycles. The maximum Gasteiger partial charge on any atom is 0.415 e. The minimum atomic E-state index is -4.49. The molecule has 4 nitrogen and oxygen atoms in total. The summed E-state index contributed by atoms with van der Waals surface area (Å²) in [5, 5.41) is 0. The molecule has 1 atom stereocenters. The number of halogens is 3. The third-order valence-electron chi connectivity index (χ3n) is 2.81. The van der Waals surface area contributed by atoms with Crippen molar-refractivity contribution in [2.75, 3.05) is 19.4 Å². The Balaban J connectivity index is 4.93. The lowest BCUT2D eigenvalue weighted by atomic mass is 9.88. The molecule has 128 valence electrons. The van der Waals surface area contributed by atoms with Crippen LogP contribution in [0.1, 0.15) is 41.5 Å². The first-order valence-electron chi connectivity index (χ1n) is 6.63. The fraction of sp³-hybridized carbons (Fsp3) is 1.00. The number of alkyl halides is 3. The highest BCUT2D eigenvalue weighted by Crippen LogP contribution is 2.35. The summed E-state index contributed by atoms with van der Waals surface area (Å²) < 4.78 is 68.3. The highest BCUT2D eigenvalue weighted by atomic mass is 32.2. The first-order chi connectivity index (χ1) is 8.97. The van der Waals surface area contributed by atoms with Gasteiger partial charge in [0.1, 0.15) is 0 Å². The first-order valence-corrected chi connectivity index (χ1v) is 8.48. The summed E-state index contributed by atoms with van der Waals surface area (Å²) in [4.78, 5) is 0. The zero-order valence-electron chi connectivity index (χ0n) is 13.7. The van der Waals surface area contributed by atoms with Crippen molar-refractivity contribution in [2.24, 2.45) is 5.41 Å². The van der Waals surface area contributed by atoms with E-state index in [4.69, 9.17) is 4.74 Å². The van der Waals surface area contributed by atoms with E-state index in [0.717, 1.165) is 10.6 Å². The minimum absolute atomic E-state index is 0.120. The average molecular weight is 333 g/mol. The SMILES string of the molecule is CC(C)(C)[C@@H](OCCN(C(C)(C)C)S(C)(=O)=O)C(F)(F)F. The largest absolute Gasteiger partial charge is 0.415 e. The normalized spacial score (nSPS) is 16.3. The summed E-state index contributed by atoms with van der Waals surface area (Å²) in [7, 11) is -3.52. The fourth-order valence-corrected chi connectivity index (χ4v) is 3.49. The van der Waals surface area contributed by atoms with Crippen LogP contribution in [0.4, 0.5) is 13.2 Å². The molecule has 0 aromatic heterocycles. The number of nitrogens with zero attached hydrogens (tertiary/aromatic N) is 1. The van der Waals surface area contributed by atoms with Crippen LogP contribution < -0.4 is 0 Å². The number of ether oxygens (including phenoxy) is 1. The molecule has 0 spiro atoms. The van der Waals surface area contributed by atoms with Crippen LogP contribution in [-0.2, 0) is 14.8 Å². The Morgan fingerprint density at radius 1 is 1.05 bits per heavy atom. The quantitative estimate of drug-likeness (QED) is 0.777. The average Bonchev–Trinajstić information content (AvgIpc) is 2.07. The predicted molar refractivity (Wildman–Crippen MR) is 76.6 cm³/mol. The molecule has 8 heteroatoms. The molecule has 0 amide bonds. The van der Waals surface area contributed by atoms with Gasteiger partial charge < -0.3 is 4.74 Å². The Bertz CT molecular complexity index is 419. The fourth-order valence-electron chi connectivity index (χ4n) is 2.09. The Hall–Kier alpha value is -0.340. The van der Waals surface area contributed by atoms with Crippen LogP contribution in [0.2, 0.25) is 0 Å². The van der Waals surface area contributed by atoms with Crippen molar-refractivity contribution in [3.63, 3.8) is 0 Å². The van der Waals surface area contributed by atoms with E-state index in [0.29, 0.717) is 0 Å². The lowest BCUT2D eigenvalue weighted by Crippen LogP contribution is -2.48. The second kappa shape index (κ2) is 6.42. The van der Waals surface area contributed by atoms with Gasteiger partial charge in [-0.25, -0.2) is 8.42 Å². The third kappa shape index (κ3) is 6.97. The number of hydrogen-bond acceptors (Lipinski definition) is 3. The minimum Gasteiger partial charge on any atom is -0.367 e. The van der Waals surface area contributed by atoms with Gasteiger partial charge in [-0.3, -0.25) is 0 Å². The third-order valence-corrected chi connectivity index (χ3v) is 4.34. The van der Waals surface area contributed by atoms with Gasteiger partial charge in [-0.2, -0.15) is 17.5 Å². The molecular formula is C13H26F3NO3S. The Kier molecular flexibility index (Phi) is 6.31. The number of sulfonamides is 1. The van der Waals surface area contributed by atoms with E-state index >= 15 is 0 Å². The standard InChI is InChI=1S/C13H26F3NO3S/c1-11(2,3)10(13(14,15)16)20-9-8-17(12(4,5)6)21(7,18)19/h10H,8-9H2,1-7H3/t10-/m1/s1. The Morgan fingerprint density at radius 2 is 1.48 bits per heavy atom. The van der Waals surface area contributed by atoms with Crippen LogP contribution in [0.5, 0.6) is 0 Å². The van der Waals surface area contributed by atoms with Crippen LogP contribution in [0.3, 0.4) is 0 Å². The summed E-state index contributed by atoms with van der Waals surface area (Å²) >= 11 is 0. The summed E-state index contributed by atoms with van der Waals surface area (Å²) in [6, 6.07) is 0. The van der Waals surface area contributed by atoms with Gasteiger partial charge in [0.05, 0.1) is 12.9 Å². The van der Waals surface area contributed by atoms with Gasteiger partial charge in [0, 0.05) is 12.1 Å². The molecular weight excluding hydrogens is 307 g/mol. The number of rotatable bonds is 5. The molecule has 0 fully saturated rings. The van der Waals surface area contributed by atoms with Gasteiger partial charge in [-0.1, -0.05) is 20.8 Å². The van der Waals surface area contributed by atoms with Crippen LogP contribution >= 0.6 is 0 Å². The predicted octanol–water partition coefficient (Wildman–Crippen LogP) is 3.04. The van der Waals surface area contributed by atoms with E-state index < -0.39 is 33.3 Å². The molecule has 0 saturated carbocycles. The van der Waals surface area contributed by atoms with Gasteiger partial charge in [0.15, 0.2) is 6.10 Å². The van der Waals surface area contributed by atoms with Gasteiger partial charge in [0.25, 0.3) is 0 Å². The molecule has 0 saturated heterocycles. The van der Waals surface area contributed by atoms with Crippen molar-refractivity contribution in [1.29, 1.82) is 0 Å². The molecule has 21 heavy (non-hydrogen) atoms. The van der Waals surface area contributed by atoms with Gasteiger partial charge in [-0.15, -0.1) is 0 Å². The molecule has 0 N–H and O–H groups in total. The molecule has 0 bridgehead atoms. The van der Waals surface area contributed by atoms with Gasteiger partial charge in [0.2, 0.25) is 10.0 Å². The van der Waals surface area contributed by atoms with Crippen molar-refractivity contribution in [2.45, 2.75) is 59.4 Å². The highest BCUT2D eigenvalue weighted by molar-refractivity contribution is 7.88. The van der Waals surface area contributed by atoms with E-state index in [2.05, 4.69) is 0 Å². The van der Waals surface area contributed by atoms with Crippen molar-refractivity contribution in [3.8, 4) is 0 Å². The van der Waals surface area contributed by atoms with Crippen LogP contribution in [0.25, 0.3) is 0 Å². The maximum absolute atomic E-state index is 13.0. The lowest BCUT2D eigenvalue weighted by Gasteiger charge is -2.35. The van der Waals surface area contributed by atoms with E-state index in [1.54, 1.807) is 20.8 Å². The summed E-state index contributed by atoms with van der Waals surface area (Å²) in [5.74, 6) is 0. The second-order valence-electron chi connectivity index (χ2n) is 7.16. The zero-order valence-corrected chi connectivity index (χ0v) is 14.5. The Labute approximate surface area is 125 Å². The molecule has 0 heterocycles. The van der Waals surface area contributed by atoms with Crippen LogP contribution in [0, 0.1) is 5.41 Å². The molecule has 0 aliphatic heterocycles. The van der Waals surface area contributed by atoms with Crippen molar-refractivity contribution in [3.05, 3.63) is 0 Å². The van der Waals surface area contributed by atoms with E-state index in [1.165, 1.54) is 20.8 Å². The summed E-state index contributed by atoms with van der Waals surface area (Å²) in [5.41, 5.74) is -1.83. The molecule has 0 aliphatic rings. The second-order valence-corrected chi connectivity index (χ2v) is 9.07. The van der Waals surface area contributed by atoms with Crippen LogP contribution in [0.15, 0.2) is 0 Å². The number of hydrogen-bond donors (Lipinski definition) is 0. The van der Waals surface area contributed by atoms with Gasteiger partial charge in [-0.05, 0) is 26.2 Å². The van der Waals surface area contributed by atoms with Crippen molar-refractivity contribution < 1.29 is 26.3 Å². The van der Waals surface area contributed by atoms with Crippen molar-refractivity contribution in [1.82, 2.24) is 4.31 Å². The molecule has 0 aromatic rings. The first kappa shape index (κ1) is 20.7. The van der Waals surface area contributed by atoms with Gasteiger partial charge >= 0.3 is 6.18 Å². The summed E-state index contributed by atoms with van der Waals surface area (Å²) in [6.07, 6.45) is -5.40. The van der Waals surface area contributed by atoms with Crippen molar-refractivity contribution >= 4 is 10.0 Å². The van der Waals surface area contributed by atoms with Crippen LogP contribution in [-0.4, -0.2) is 49.9 Å². The molecule has 0 unspecified atom stereocenters. The highest BCUT2D eigenvalue weighted by Gasteiger charge is 2.48. The molecule has 0 aromatic carbocycles. The zero-order chi connectivity index (χ0) is 17.3. The lowest BCUT2D eigenvalue weighted by molar-refractivity contribution is -0.248. The molecule has 0 radical (unpaired) electrons. The smallest absolute Gasteiger partial charge is 0.367 e. The van der Waals surface area contributed by atoms with E-state index in [-0.39, 0.29) is 13.2 Å². The maximum atomic E-state index is 13.0. The topological polar surface area (TPSA) is 46.6 Å². The van der Waals surface area contributed by atoms with E-state index in [1.807, 2.05) is 0 Å². The monoisotopic (exact) mass is 333 g/mol. The molecule has 0 rings (SSSR count). The van der Waals surface area contributed by atoms with E-state index in [9.17, 15) is 21.6 Å².